The summed E-state index contributed by atoms with van der Waals surface area (Å²) in [6.45, 7) is 6.93. The highest BCUT2D eigenvalue weighted by Crippen LogP contribution is 2.39. The Morgan fingerprint density at radius 1 is 1.26 bits per heavy atom. The van der Waals surface area contributed by atoms with Gasteiger partial charge in [0.1, 0.15) is 0 Å². The molecule has 0 unspecified atom stereocenters. The van der Waals surface area contributed by atoms with E-state index in [0.717, 1.165) is 37.3 Å². The maximum atomic E-state index is 12.1. The summed E-state index contributed by atoms with van der Waals surface area (Å²) in [7, 11) is 0. The number of hydrogen-bond donors (Lipinski definition) is 1. The van der Waals surface area contributed by atoms with Crippen molar-refractivity contribution < 1.29 is 4.79 Å². The lowest BCUT2D eigenvalue weighted by Gasteiger charge is -2.36. The highest BCUT2D eigenvalue weighted by Gasteiger charge is 2.30. The van der Waals surface area contributed by atoms with Crippen molar-refractivity contribution in [1.29, 1.82) is 0 Å². The molecular weight excluding hydrogens is 331 g/mol. The first-order valence-corrected chi connectivity index (χ1v) is 8.90. The zero-order valence-corrected chi connectivity index (χ0v) is 15.5. The van der Waals surface area contributed by atoms with Crippen LogP contribution in [0, 0.1) is 11.3 Å². The second-order valence-corrected chi connectivity index (χ2v) is 7.68. The first-order chi connectivity index (χ1) is 10.8. The monoisotopic (exact) mass is 354 g/mol. The van der Waals surface area contributed by atoms with Crippen molar-refractivity contribution in [1.82, 2.24) is 5.43 Å². The minimum atomic E-state index is -0.257. The Hall–Kier alpha value is -1.06. The van der Waals surface area contributed by atoms with Gasteiger partial charge < -0.3 is 0 Å². The van der Waals surface area contributed by atoms with Crippen molar-refractivity contribution in [3.05, 3.63) is 33.8 Å². The normalized spacial score (nSPS) is 18.7. The van der Waals surface area contributed by atoms with Gasteiger partial charge in [0.2, 0.25) is 0 Å². The quantitative estimate of drug-likeness (QED) is 0.691. The fraction of sp³-hybridized carbons (Fsp3) is 0.556. The molecule has 1 amide bonds. The predicted molar refractivity (Wildman–Crippen MR) is 97.4 cm³/mol. The number of hydrogen-bond acceptors (Lipinski definition) is 2. The lowest BCUT2D eigenvalue weighted by Crippen LogP contribution is -2.29. The van der Waals surface area contributed by atoms with Crippen LogP contribution >= 0.6 is 23.2 Å². The van der Waals surface area contributed by atoms with Gasteiger partial charge in [-0.2, -0.15) is 5.10 Å². The average Bonchev–Trinajstić information content (AvgIpc) is 2.55. The first kappa shape index (κ1) is 18.3. The van der Waals surface area contributed by atoms with Gasteiger partial charge in [-0.25, -0.2) is 5.43 Å². The molecule has 0 atom stereocenters. The molecule has 0 heterocycles. The third kappa shape index (κ3) is 4.71. The second kappa shape index (κ2) is 7.67. The summed E-state index contributed by atoms with van der Waals surface area (Å²) < 4.78 is 0. The summed E-state index contributed by atoms with van der Waals surface area (Å²) in [5.41, 5.74) is 4.55. The fourth-order valence-electron chi connectivity index (χ4n) is 2.96. The van der Waals surface area contributed by atoms with Gasteiger partial charge in [-0.15, -0.1) is 0 Å². The van der Waals surface area contributed by atoms with E-state index in [1.54, 1.807) is 18.2 Å². The second-order valence-electron chi connectivity index (χ2n) is 6.86. The molecule has 126 valence electrons. The van der Waals surface area contributed by atoms with Crippen molar-refractivity contribution in [2.24, 2.45) is 16.4 Å². The lowest BCUT2D eigenvalue weighted by molar-refractivity contribution is 0.0954. The zero-order valence-electron chi connectivity index (χ0n) is 14.0. The maximum absolute atomic E-state index is 12.1. The number of nitrogens with one attached hydrogen (secondary N) is 1. The van der Waals surface area contributed by atoms with Gasteiger partial charge >= 0.3 is 0 Å². The van der Waals surface area contributed by atoms with Gasteiger partial charge in [0, 0.05) is 11.3 Å². The Bertz CT molecular complexity index is 601. The summed E-state index contributed by atoms with van der Waals surface area (Å²) in [6, 6.07) is 4.81. The summed E-state index contributed by atoms with van der Waals surface area (Å²) >= 11 is 11.8. The summed E-state index contributed by atoms with van der Waals surface area (Å²) in [5.74, 6) is 0.476. The number of rotatable bonds is 4. The maximum Gasteiger partial charge on any atom is 0.271 e. The average molecular weight is 355 g/mol. The highest BCUT2D eigenvalue weighted by molar-refractivity contribution is 6.42. The molecule has 0 bridgehead atoms. The van der Waals surface area contributed by atoms with Gasteiger partial charge in [-0.05, 0) is 55.2 Å². The Labute approximate surface area is 148 Å². The van der Waals surface area contributed by atoms with Crippen molar-refractivity contribution in [3.8, 4) is 0 Å². The molecule has 0 aromatic heterocycles. The minimum absolute atomic E-state index is 0.257. The molecule has 0 radical (unpaired) electrons. The number of halogens is 2. The molecule has 0 spiro atoms. The molecule has 1 N–H and O–H groups in total. The van der Waals surface area contributed by atoms with Crippen LogP contribution in [0.4, 0.5) is 0 Å². The number of hydrazone groups is 1. The van der Waals surface area contributed by atoms with E-state index in [4.69, 9.17) is 23.2 Å². The molecule has 1 saturated carbocycles. The number of amides is 1. The smallest absolute Gasteiger partial charge is 0.267 e. The lowest BCUT2D eigenvalue weighted by atomic mass is 9.69. The zero-order chi connectivity index (χ0) is 17.0. The summed E-state index contributed by atoms with van der Waals surface area (Å²) in [5, 5.41) is 5.10. The van der Waals surface area contributed by atoms with Crippen LogP contribution in [-0.2, 0) is 0 Å². The van der Waals surface area contributed by atoms with Crippen molar-refractivity contribution in [3.63, 3.8) is 0 Å². The number of nitrogens with zero attached hydrogens (tertiary/aromatic N) is 1. The molecule has 5 heteroatoms. The number of benzene rings is 1. The Morgan fingerprint density at radius 2 is 1.91 bits per heavy atom. The highest BCUT2D eigenvalue weighted by atomic mass is 35.5. The fourth-order valence-corrected chi connectivity index (χ4v) is 3.26. The van der Waals surface area contributed by atoms with Crippen LogP contribution in [-0.4, -0.2) is 11.6 Å². The summed E-state index contributed by atoms with van der Waals surface area (Å²) in [6.07, 6.45) is 5.38. The molecule has 2 rings (SSSR count). The molecule has 1 aliphatic rings. The summed E-state index contributed by atoms with van der Waals surface area (Å²) in [4.78, 5) is 12.1. The van der Waals surface area contributed by atoms with E-state index in [-0.39, 0.29) is 5.91 Å². The molecule has 1 aliphatic carbocycles. The third-order valence-corrected chi connectivity index (χ3v) is 5.82. The topological polar surface area (TPSA) is 41.5 Å². The van der Waals surface area contributed by atoms with E-state index in [9.17, 15) is 4.79 Å². The number of carbonyl (C=O) groups excluding carboxylic acids is 1. The molecule has 3 nitrogen and oxygen atoms in total. The van der Waals surface area contributed by atoms with E-state index in [1.165, 1.54) is 6.42 Å². The van der Waals surface area contributed by atoms with Gasteiger partial charge in [0.15, 0.2) is 0 Å². The molecule has 23 heavy (non-hydrogen) atoms. The van der Waals surface area contributed by atoms with Crippen LogP contribution < -0.4 is 5.43 Å². The van der Waals surface area contributed by atoms with Crippen LogP contribution in [0.3, 0.4) is 0 Å². The van der Waals surface area contributed by atoms with Crippen LogP contribution in [0.5, 0.6) is 0 Å². The van der Waals surface area contributed by atoms with Gasteiger partial charge in [-0.3, -0.25) is 4.79 Å². The van der Waals surface area contributed by atoms with E-state index in [2.05, 4.69) is 31.3 Å². The minimum Gasteiger partial charge on any atom is -0.267 e. The van der Waals surface area contributed by atoms with E-state index in [0.29, 0.717) is 21.0 Å². The van der Waals surface area contributed by atoms with Crippen LogP contribution in [0.1, 0.15) is 63.2 Å². The predicted octanol–water partition coefficient (Wildman–Crippen LogP) is 5.71. The standard InChI is InChI=1S/C18H24Cl2N2O/c1-4-18(2,3)13-6-8-14(9-7-13)21-22-17(23)12-5-10-15(19)16(20)11-12/h5,10-11,13H,4,6-9H2,1-3H3,(H,22,23). The van der Waals surface area contributed by atoms with E-state index in [1.807, 2.05) is 0 Å². The van der Waals surface area contributed by atoms with Gasteiger partial charge in [0.25, 0.3) is 5.91 Å². The van der Waals surface area contributed by atoms with E-state index >= 15 is 0 Å². The first-order valence-electron chi connectivity index (χ1n) is 8.14. The van der Waals surface area contributed by atoms with Crippen LogP contribution in [0.15, 0.2) is 23.3 Å². The van der Waals surface area contributed by atoms with Crippen LogP contribution in [0.2, 0.25) is 10.0 Å². The molecule has 0 aliphatic heterocycles. The van der Waals surface area contributed by atoms with Crippen molar-refractivity contribution in [2.75, 3.05) is 0 Å². The Balaban J connectivity index is 1.92. The molecular formula is C18H24Cl2N2O. The van der Waals surface area contributed by atoms with Crippen LogP contribution in [0.25, 0.3) is 0 Å². The number of carbonyl (C=O) groups is 1. The van der Waals surface area contributed by atoms with Crippen molar-refractivity contribution in [2.45, 2.75) is 52.9 Å². The Morgan fingerprint density at radius 3 is 2.48 bits per heavy atom. The third-order valence-electron chi connectivity index (χ3n) is 5.08. The molecule has 1 aromatic rings. The van der Waals surface area contributed by atoms with E-state index < -0.39 is 0 Å². The largest absolute Gasteiger partial charge is 0.271 e. The molecule has 1 aromatic carbocycles. The molecule has 1 fully saturated rings. The van der Waals surface area contributed by atoms with Crippen molar-refractivity contribution >= 4 is 34.8 Å². The Kier molecular flexibility index (Phi) is 6.10. The molecule has 0 saturated heterocycles. The SMILES string of the molecule is CCC(C)(C)C1CCC(=NNC(=O)c2ccc(Cl)c(Cl)c2)CC1. The van der Waals surface area contributed by atoms with Gasteiger partial charge in [0.05, 0.1) is 10.0 Å². The van der Waals surface area contributed by atoms with Gasteiger partial charge in [-0.1, -0.05) is 50.4 Å².